The van der Waals surface area contributed by atoms with Gasteiger partial charge in [0.05, 0.1) is 6.20 Å². The van der Waals surface area contributed by atoms with Gasteiger partial charge in [0.2, 0.25) is 0 Å². The van der Waals surface area contributed by atoms with Crippen molar-refractivity contribution < 1.29 is 4.79 Å². The molecule has 3 rings (SSSR count). The van der Waals surface area contributed by atoms with Crippen LogP contribution in [0.2, 0.25) is 0 Å². The number of carbonyl (C=O) groups excluding carboxylic acids is 1. The van der Waals surface area contributed by atoms with E-state index in [1.165, 1.54) is 0 Å². The predicted molar refractivity (Wildman–Crippen MR) is 97.3 cm³/mol. The van der Waals surface area contributed by atoms with Crippen molar-refractivity contribution >= 4 is 21.8 Å². The first-order valence-corrected chi connectivity index (χ1v) is 8.46. The Balaban J connectivity index is 1.86. The van der Waals surface area contributed by atoms with Crippen molar-refractivity contribution in [1.29, 1.82) is 0 Å². The molecule has 0 atom stereocenters. The maximum absolute atomic E-state index is 12.7. The van der Waals surface area contributed by atoms with Gasteiger partial charge in [0.25, 0.3) is 5.91 Å². The Morgan fingerprint density at radius 3 is 2.58 bits per heavy atom. The third-order valence-electron chi connectivity index (χ3n) is 3.98. The molecule has 2 aromatic heterocycles. The molecule has 24 heavy (non-hydrogen) atoms. The lowest BCUT2D eigenvalue weighted by Crippen LogP contribution is -2.24. The van der Waals surface area contributed by atoms with Crippen molar-refractivity contribution in [3.63, 3.8) is 0 Å². The highest BCUT2D eigenvalue weighted by Crippen LogP contribution is 2.20. The van der Waals surface area contributed by atoms with Crippen LogP contribution in [0.3, 0.4) is 0 Å². The summed E-state index contributed by atoms with van der Waals surface area (Å²) >= 11 is 3.44. The van der Waals surface area contributed by atoms with E-state index in [1.54, 1.807) is 10.9 Å². The van der Waals surface area contributed by atoms with Crippen LogP contribution in [0.4, 0.5) is 0 Å². The Bertz CT molecular complexity index is 875. The molecular weight excluding hydrogens is 368 g/mol. The number of nitrogens with zero attached hydrogens (tertiary/aromatic N) is 3. The minimum absolute atomic E-state index is 0.134. The summed E-state index contributed by atoms with van der Waals surface area (Å²) in [5, 5.41) is 7.24. The van der Waals surface area contributed by atoms with Crippen LogP contribution in [0, 0.1) is 13.8 Å². The van der Waals surface area contributed by atoms with Gasteiger partial charge in [-0.15, -0.1) is 0 Å². The van der Waals surface area contributed by atoms with Crippen LogP contribution < -0.4 is 5.32 Å². The zero-order chi connectivity index (χ0) is 17.3. The number of hydrogen-bond acceptors (Lipinski definition) is 2. The van der Waals surface area contributed by atoms with Crippen LogP contribution in [0.25, 0.3) is 5.82 Å². The summed E-state index contributed by atoms with van der Waals surface area (Å²) in [7, 11) is 1.85. The van der Waals surface area contributed by atoms with Crippen molar-refractivity contribution in [2.75, 3.05) is 0 Å². The summed E-state index contributed by atoms with van der Waals surface area (Å²) in [5.74, 6) is 0.646. The van der Waals surface area contributed by atoms with Crippen molar-refractivity contribution in [3.05, 3.63) is 69.6 Å². The number of rotatable bonds is 4. The minimum Gasteiger partial charge on any atom is -0.348 e. The molecule has 0 aliphatic carbocycles. The second kappa shape index (κ2) is 6.65. The average Bonchev–Trinajstić information content (AvgIpc) is 3.07. The second-order valence-corrected chi connectivity index (χ2v) is 6.69. The molecular formula is C18H19BrN4O. The summed E-state index contributed by atoms with van der Waals surface area (Å²) in [5.41, 5.74) is 3.74. The Hall–Kier alpha value is -2.34. The van der Waals surface area contributed by atoms with E-state index in [2.05, 4.69) is 26.3 Å². The first kappa shape index (κ1) is 16.5. The Morgan fingerprint density at radius 1 is 1.21 bits per heavy atom. The molecule has 0 aliphatic rings. The van der Waals surface area contributed by atoms with Crippen molar-refractivity contribution in [1.82, 2.24) is 19.7 Å². The molecule has 0 aliphatic heterocycles. The summed E-state index contributed by atoms with van der Waals surface area (Å²) in [6, 6.07) is 12.0. The number of amides is 1. The van der Waals surface area contributed by atoms with E-state index >= 15 is 0 Å². The molecule has 0 unspecified atom stereocenters. The summed E-state index contributed by atoms with van der Waals surface area (Å²) in [6.07, 6.45) is 1.62. The predicted octanol–water partition coefficient (Wildman–Crippen LogP) is 3.52. The van der Waals surface area contributed by atoms with Crippen LogP contribution in [0.5, 0.6) is 0 Å². The lowest BCUT2D eigenvalue weighted by molar-refractivity contribution is 0.0951. The first-order chi connectivity index (χ1) is 11.5. The maximum Gasteiger partial charge on any atom is 0.256 e. The highest BCUT2D eigenvalue weighted by molar-refractivity contribution is 9.10. The number of aryl methyl sites for hydroxylation is 3. The van der Waals surface area contributed by atoms with E-state index in [1.807, 2.05) is 61.9 Å². The molecule has 6 heteroatoms. The zero-order valence-corrected chi connectivity index (χ0v) is 15.5. The Kier molecular flexibility index (Phi) is 4.57. The molecule has 3 aromatic rings. The van der Waals surface area contributed by atoms with Gasteiger partial charge in [-0.3, -0.25) is 9.48 Å². The van der Waals surface area contributed by atoms with Gasteiger partial charge in [-0.1, -0.05) is 28.1 Å². The number of benzene rings is 1. The highest BCUT2D eigenvalue weighted by Gasteiger charge is 2.19. The van der Waals surface area contributed by atoms with Crippen LogP contribution in [-0.4, -0.2) is 20.3 Å². The standard InChI is InChI=1S/C18H19BrN4O/c1-12-7-8-13(2)23(12)18-16(11-21-22(18)3)17(24)20-10-14-5-4-6-15(19)9-14/h4-9,11H,10H2,1-3H3,(H,20,24). The fraction of sp³-hybridized carbons (Fsp3) is 0.222. The van der Waals surface area contributed by atoms with E-state index in [9.17, 15) is 4.79 Å². The van der Waals surface area contributed by atoms with Gasteiger partial charge >= 0.3 is 0 Å². The molecule has 0 radical (unpaired) electrons. The van der Waals surface area contributed by atoms with Crippen LogP contribution in [0.15, 0.2) is 47.1 Å². The lowest BCUT2D eigenvalue weighted by Gasteiger charge is -2.12. The topological polar surface area (TPSA) is 51.9 Å². The van der Waals surface area contributed by atoms with E-state index in [-0.39, 0.29) is 5.91 Å². The van der Waals surface area contributed by atoms with E-state index in [4.69, 9.17) is 0 Å². The van der Waals surface area contributed by atoms with Gasteiger partial charge in [0.15, 0.2) is 0 Å². The van der Waals surface area contributed by atoms with Gasteiger partial charge in [-0.2, -0.15) is 5.10 Å². The lowest BCUT2D eigenvalue weighted by atomic mass is 10.2. The third kappa shape index (κ3) is 3.14. The summed E-state index contributed by atoms with van der Waals surface area (Å²) < 4.78 is 4.77. The SMILES string of the molecule is Cc1ccc(C)n1-c1c(C(=O)NCc2cccc(Br)c2)cnn1C. The van der Waals surface area contributed by atoms with Crippen LogP contribution in [-0.2, 0) is 13.6 Å². The third-order valence-corrected chi connectivity index (χ3v) is 4.47. The molecule has 1 aromatic carbocycles. The van der Waals surface area contributed by atoms with E-state index < -0.39 is 0 Å². The minimum atomic E-state index is -0.134. The monoisotopic (exact) mass is 386 g/mol. The smallest absolute Gasteiger partial charge is 0.256 e. The Morgan fingerprint density at radius 2 is 1.92 bits per heavy atom. The maximum atomic E-state index is 12.7. The first-order valence-electron chi connectivity index (χ1n) is 7.67. The normalized spacial score (nSPS) is 10.8. The van der Waals surface area contributed by atoms with Gasteiger partial charge in [0.1, 0.15) is 11.4 Å². The number of halogens is 1. The average molecular weight is 387 g/mol. The van der Waals surface area contributed by atoms with Crippen LogP contribution >= 0.6 is 15.9 Å². The molecule has 0 saturated heterocycles. The molecule has 124 valence electrons. The molecule has 0 spiro atoms. The molecule has 0 bridgehead atoms. The van der Waals surface area contributed by atoms with Crippen molar-refractivity contribution in [2.45, 2.75) is 20.4 Å². The quantitative estimate of drug-likeness (QED) is 0.745. The Labute approximate surface area is 149 Å². The van der Waals surface area contributed by atoms with Crippen molar-refractivity contribution in [3.8, 4) is 5.82 Å². The molecule has 5 nitrogen and oxygen atoms in total. The van der Waals surface area contributed by atoms with Gasteiger partial charge in [-0.05, 0) is 43.7 Å². The van der Waals surface area contributed by atoms with E-state index in [0.29, 0.717) is 12.1 Å². The number of hydrogen-bond donors (Lipinski definition) is 1. The molecule has 0 saturated carbocycles. The molecule has 1 N–H and O–H groups in total. The highest BCUT2D eigenvalue weighted by atomic mass is 79.9. The van der Waals surface area contributed by atoms with Crippen molar-refractivity contribution in [2.24, 2.45) is 7.05 Å². The number of nitrogens with one attached hydrogen (secondary N) is 1. The van der Waals surface area contributed by atoms with Gasteiger partial charge in [-0.25, -0.2) is 0 Å². The fourth-order valence-electron chi connectivity index (χ4n) is 2.78. The molecule has 1 amide bonds. The molecule has 0 fully saturated rings. The van der Waals surface area contributed by atoms with Gasteiger partial charge < -0.3 is 9.88 Å². The van der Waals surface area contributed by atoms with Gasteiger partial charge in [0, 0.05) is 29.5 Å². The zero-order valence-electron chi connectivity index (χ0n) is 13.9. The fourth-order valence-corrected chi connectivity index (χ4v) is 3.23. The summed E-state index contributed by atoms with van der Waals surface area (Å²) in [6.45, 7) is 4.50. The number of carbonyl (C=O) groups is 1. The largest absolute Gasteiger partial charge is 0.348 e. The van der Waals surface area contributed by atoms with E-state index in [0.717, 1.165) is 27.2 Å². The second-order valence-electron chi connectivity index (χ2n) is 5.77. The van der Waals surface area contributed by atoms with Crippen LogP contribution in [0.1, 0.15) is 27.3 Å². The summed E-state index contributed by atoms with van der Waals surface area (Å²) in [4.78, 5) is 12.7. The number of aromatic nitrogens is 3. The molecule has 2 heterocycles.